The molecule has 0 radical (unpaired) electrons. The van der Waals surface area contributed by atoms with Crippen LogP contribution in [0.4, 0.5) is 19.0 Å². The van der Waals surface area contributed by atoms with Gasteiger partial charge in [-0.1, -0.05) is 24.3 Å². The number of piperidine rings is 1. The van der Waals surface area contributed by atoms with E-state index in [1.54, 1.807) is 24.4 Å². The monoisotopic (exact) mass is 668 g/mol. The summed E-state index contributed by atoms with van der Waals surface area (Å²) in [5, 5.41) is 2.60. The number of pyridine rings is 1. The number of hydrogen-bond acceptors (Lipinski definition) is 7. The summed E-state index contributed by atoms with van der Waals surface area (Å²) in [6.07, 6.45) is -2.30. The first kappa shape index (κ1) is 32.6. The van der Waals surface area contributed by atoms with Gasteiger partial charge in [0.2, 0.25) is 10.0 Å². The first-order valence-corrected chi connectivity index (χ1v) is 17.1. The van der Waals surface area contributed by atoms with Crippen molar-refractivity contribution in [2.45, 2.75) is 37.9 Å². The number of amides is 2. The molecule has 1 aromatic heterocycles. The highest BCUT2D eigenvalue weighted by atomic mass is 32.2. The third kappa shape index (κ3) is 6.89. The lowest BCUT2D eigenvalue weighted by Crippen LogP contribution is -2.50. The molecule has 2 saturated heterocycles. The van der Waals surface area contributed by atoms with Gasteiger partial charge in [0.05, 0.1) is 11.3 Å². The van der Waals surface area contributed by atoms with E-state index in [0.717, 1.165) is 29.1 Å². The number of anilines is 1. The molecular formula is C33H35F3N6O4S. The lowest BCUT2D eigenvalue weighted by Gasteiger charge is -2.35. The minimum atomic E-state index is -4.54. The summed E-state index contributed by atoms with van der Waals surface area (Å²) in [4.78, 5) is 39.0. The number of aliphatic imine (C=N–C) groups is 1. The van der Waals surface area contributed by atoms with Gasteiger partial charge in [0.15, 0.2) is 0 Å². The summed E-state index contributed by atoms with van der Waals surface area (Å²) in [5.41, 5.74) is 0.285. The lowest BCUT2D eigenvalue weighted by atomic mass is 9.89. The number of halogens is 3. The van der Waals surface area contributed by atoms with Gasteiger partial charge in [-0.05, 0) is 73.7 Å². The number of aryl methyl sites for hydroxylation is 2. The van der Waals surface area contributed by atoms with Crippen LogP contribution < -0.4 is 10.2 Å². The fourth-order valence-electron chi connectivity index (χ4n) is 6.31. The summed E-state index contributed by atoms with van der Waals surface area (Å²) in [7, 11) is -3.68. The Morgan fingerprint density at radius 1 is 0.957 bits per heavy atom. The zero-order chi connectivity index (χ0) is 33.4. The summed E-state index contributed by atoms with van der Waals surface area (Å²) < 4.78 is 67.5. The van der Waals surface area contributed by atoms with Crippen molar-refractivity contribution in [3.63, 3.8) is 0 Å². The van der Waals surface area contributed by atoms with Crippen LogP contribution in [0.3, 0.4) is 0 Å². The number of alkyl halides is 3. The van der Waals surface area contributed by atoms with E-state index in [9.17, 15) is 31.2 Å². The number of amidine groups is 1. The molecule has 3 aromatic rings. The quantitative estimate of drug-likeness (QED) is 0.411. The summed E-state index contributed by atoms with van der Waals surface area (Å²) in [6, 6.07) is 15.7. The molecule has 3 aliphatic heterocycles. The first-order valence-electron chi connectivity index (χ1n) is 15.5. The van der Waals surface area contributed by atoms with Gasteiger partial charge in [-0.15, -0.1) is 0 Å². The molecule has 0 aliphatic carbocycles. The van der Waals surface area contributed by atoms with Crippen LogP contribution in [0.2, 0.25) is 0 Å². The van der Waals surface area contributed by atoms with Crippen molar-refractivity contribution in [2.75, 3.05) is 49.9 Å². The van der Waals surface area contributed by atoms with Gasteiger partial charge in [0.25, 0.3) is 11.8 Å². The zero-order valence-electron chi connectivity index (χ0n) is 25.8. The van der Waals surface area contributed by atoms with Crippen molar-refractivity contribution in [1.29, 1.82) is 0 Å². The Bertz CT molecular complexity index is 1800. The molecule has 3 aliphatic rings. The van der Waals surface area contributed by atoms with E-state index in [1.165, 1.54) is 16.4 Å². The molecule has 0 unspecified atom stereocenters. The van der Waals surface area contributed by atoms with Crippen LogP contribution in [0, 0.1) is 6.92 Å². The Morgan fingerprint density at radius 3 is 2.36 bits per heavy atom. The molecule has 14 heteroatoms. The molecule has 2 amide bonds. The van der Waals surface area contributed by atoms with Crippen molar-refractivity contribution in [1.82, 2.24) is 19.5 Å². The predicted octanol–water partition coefficient (Wildman–Crippen LogP) is 3.65. The number of sulfonamides is 1. The molecule has 10 nitrogen and oxygen atoms in total. The molecule has 6 rings (SSSR count). The maximum Gasteiger partial charge on any atom is 0.416 e. The Hall–Kier alpha value is -4.30. The van der Waals surface area contributed by atoms with E-state index in [-0.39, 0.29) is 55.4 Å². The van der Waals surface area contributed by atoms with Crippen molar-refractivity contribution in [2.24, 2.45) is 4.99 Å². The van der Waals surface area contributed by atoms with E-state index >= 15 is 0 Å². The molecule has 1 N–H and O–H groups in total. The number of hydrogen-bond donors (Lipinski definition) is 1. The number of aromatic nitrogens is 1. The van der Waals surface area contributed by atoms with Gasteiger partial charge in [0.1, 0.15) is 17.2 Å². The maximum absolute atomic E-state index is 13.3. The Balaban J connectivity index is 1.04. The third-order valence-electron chi connectivity index (χ3n) is 9.15. The normalized spacial score (nSPS) is 18.7. The van der Waals surface area contributed by atoms with Crippen molar-refractivity contribution in [3.05, 3.63) is 94.7 Å². The average Bonchev–Trinajstić information content (AvgIpc) is 3.38. The van der Waals surface area contributed by atoms with Crippen LogP contribution in [-0.2, 0) is 27.4 Å². The number of nitrogens with one attached hydrogen (secondary N) is 1. The number of carbonyl (C=O) groups is 2. The molecule has 2 fully saturated rings. The van der Waals surface area contributed by atoms with Gasteiger partial charge in [-0.2, -0.15) is 13.2 Å². The SMILES string of the molecule is Cc1cc(C(=O)N2CCN(c3ccccn3)CC2)ccc1CCS(=O)(=O)N1CCC2(CC1)N=C(c1cccc(C(F)(F)F)c1)NC2=O. The Labute approximate surface area is 271 Å². The number of benzene rings is 2. The summed E-state index contributed by atoms with van der Waals surface area (Å²) in [5.74, 6) is 0.294. The van der Waals surface area contributed by atoms with E-state index in [1.807, 2.05) is 30.0 Å². The van der Waals surface area contributed by atoms with E-state index < -0.39 is 33.2 Å². The Kier molecular flexibility index (Phi) is 8.83. The van der Waals surface area contributed by atoms with Crippen molar-refractivity contribution >= 4 is 33.5 Å². The number of nitrogens with zero attached hydrogens (tertiary/aromatic N) is 5. The topological polar surface area (TPSA) is 115 Å². The fourth-order valence-corrected chi connectivity index (χ4v) is 7.78. The van der Waals surface area contributed by atoms with E-state index in [2.05, 4.69) is 20.2 Å². The zero-order valence-corrected chi connectivity index (χ0v) is 26.6. The molecule has 248 valence electrons. The highest BCUT2D eigenvalue weighted by molar-refractivity contribution is 7.89. The lowest BCUT2D eigenvalue weighted by molar-refractivity contribution is -0.137. The van der Waals surface area contributed by atoms with Crippen LogP contribution in [0.5, 0.6) is 0 Å². The largest absolute Gasteiger partial charge is 0.416 e. The second-order valence-corrected chi connectivity index (χ2v) is 14.2. The third-order valence-corrected chi connectivity index (χ3v) is 11.0. The van der Waals surface area contributed by atoms with Gasteiger partial charge in [-0.25, -0.2) is 17.7 Å². The van der Waals surface area contributed by atoms with Crippen LogP contribution in [-0.4, -0.2) is 90.8 Å². The number of carbonyl (C=O) groups excluding carboxylic acids is 2. The van der Waals surface area contributed by atoms with Crippen LogP contribution in [0.25, 0.3) is 0 Å². The number of piperazine rings is 1. The van der Waals surface area contributed by atoms with Crippen LogP contribution >= 0.6 is 0 Å². The maximum atomic E-state index is 13.3. The molecule has 1 spiro atoms. The highest BCUT2D eigenvalue weighted by Crippen LogP contribution is 2.34. The predicted molar refractivity (Wildman–Crippen MR) is 171 cm³/mol. The summed E-state index contributed by atoms with van der Waals surface area (Å²) >= 11 is 0. The highest BCUT2D eigenvalue weighted by Gasteiger charge is 2.47. The molecule has 4 heterocycles. The van der Waals surface area contributed by atoms with E-state index in [0.29, 0.717) is 31.7 Å². The first-order chi connectivity index (χ1) is 22.3. The Morgan fingerprint density at radius 2 is 1.70 bits per heavy atom. The van der Waals surface area contributed by atoms with Crippen LogP contribution in [0.15, 0.2) is 71.9 Å². The molecule has 47 heavy (non-hydrogen) atoms. The van der Waals surface area contributed by atoms with Gasteiger partial charge in [0, 0.05) is 56.6 Å². The van der Waals surface area contributed by atoms with Gasteiger partial charge < -0.3 is 15.1 Å². The fraction of sp³-hybridized carbons (Fsp3) is 0.394. The van der Waals surface area contributed by atoms with Gasteiger partial charge >= 0.3 is 6.18 Å². The molecule has 2 aromatic carbocycles. The van der Waals surface area contributed by atoms with Crippen LogP contribution in [0.1, 0.15) is 45.5 Å². The molecule has 0 bridgehead atoms. The molecule has 0 atom stereocenters. The van der Waals surface area contributed by atoms with Crippen molar-refractivity contribution in [3.8, 4) is 0 Å². The second-order valence-electron chi connectivity index (χ2n) is 12.1. The smallest absolute Gasteiger partial charge is 0.353 e. The average molecular weight is 669 g/mol. The minimum Gasteiger partial charge on any atom is -0.353 e. The van der Waals surface area contributed by atoms with E-state index in [4.69, 9.17) is 0 Å². The second kappa shape index (κ2) is 12.7. The van der Waals surface area contributed by atoms with Crippen molar-refractivity contribution < 1.29 is 31.2 Å². The molecular weight excluding hydrogens is 633 g/mol. The number of rotatable bonds is 7. The summed E-state index contributed by atoms with van der Waals surface area (Å²) in [6.45, 7) is 4.51. The standard InChI is InChI=1S/C33H35F3N6O4S/c1-23-21-26(30(43)41-18-16-40(17-19-41)28-7-2-3-13-37-28)9-8-24(23)10-20-47(45,46)42-14-11-32(12-15-42)31(44)38-29(39-32)25-5-4-6-27(22-25)33(34,35)36/h2-9,13,21-22H,10-12,14-20H2,1H3,(H,38,39,44). The van der Waals surface area contributed by atoms with Gasteiger partial charge in [-0.3, -0.25) is 14.6 Å². The minimum absolute atomic E-state index is 0.0570. The molecule has 0 saturated carbocycles.